The van der Waals surface area contributed by atoms with Crippen LogP contribution in [0.1, 0.15) is 57.4 Å². The summed E-state index contributed by atoms with van der Waals surface area (Å²) in [7, 11) is 0. The lowest BCUT2D eigenvalue weighted by atomic mass is 9.77. The minimum Gasteiger partial charge on any atom is -0.341 e. The number of hydrogen-bond donors (Lipinski definition) is 1. The van der Waals surface area contributed by atoms with E-state index in [2.05, 4.69) is 49.1 Å². The molecule has 1 aliphatic heterocycles. The molecule has 2 atom stereocenters. The molecule has 1 saturated carbocycles. The highest BCUT2D eigenvalue weighted by molar-refractivity contribution is 5.85. The number of carbonyl (C=O) groups excluding carboxylic acids is 1. The van der Waals surface area contributed by atoms with E-state index in [0.29, 0.717) is 30.2 Å². The molecule has 3 nitrogen and oxygen atoms in total. The Morgan fingerprint density at radius 2 is 1.84 bits per heavy atom. The van der Waals surface area contributed by atoms with E-state index >= 15 is 0 Å². The number of rotatable bonds is 5. The van der Waals surface area contributed by atoms with Gasteiger partial charge in [0.15, 0.2) is 0 Å². The molecule has 3 rings (SSSR count). The molecule has 0 bridgehead atoms. The number of likely N-dealkylation sites (tertiary alicyclic amines) is 1. The number of nitrogens with two attached hydrogens (primary N) is 1. The van der Waals surface area contributed by atoms with Crippen LogP contribution in [0.5, 0.6) is 0 Å². The molecule has 0 spiro atoms. The normalized spacial score (nSPS) is 25.2. The second kappa shape index (κ2) is 8.55. The molecule has 0 radical (unpaired) electrons. The average molecular weight is 365 g/mol. The van der Waals surface area contributed by atoms with E-state index in [1.54, 1.807) is 0 Å². The minimum absolute atomic E-state index is 0. The lowest BCUT2D eigenvalue weighted by Crippen LogP contribution is -2.42. The molecule has 0 aromatic heterocycles. The van der Waals surface area contributed by atoms with Crippen LogP contribution in [-0.2, 0) is 4.79 Å². The Bertz CT molecular complexity index is 554. The third kappa shape index (κ3) is 4.20. The van der Waals surface area contributed by atoms with Crippen molar-refractivity contribution in [2.24, 2.45) is 23.0 Å². The fraction of sp³-hybridized carbons (Fsp3) is 0.667. The van der Waals surface area contributed by atoms with Gasteiger partial charge in [0, 0.05) is 24.4 Å². The molecule has 2 fully saturated rings. The molecule has 1 amide bonds. The van der Waals surface area contributed by atoms with Crippen molar-refractivity contribution in [2.75, 3.05) is 19.6 Å². The van der Waals surface area contributed by atoms with E-state index in [-0.39, 0.29) is 17.8 Å². The molecular weight excluding hydrogens is 332 g/mol. The van der Waals surface area contributed by atoms with Crippen LogP contribution in [-0.4, -0.2) is 30.4 Å². The number of carbonyl (C=O) groups is 1. The molecule has 25 heavy (non-hydrogen) atoms. The second-order valence-corrected chi connectivity index (χ2v) is 8.31. The van der Waals surface area contributed by atoms with Crippen molar-refractivity contribution in [3.8, 4) is 0 Å². The summed E-state index contributed by atoms with van der Waals surface area (Å²) in [5, 5.41) is 0. The zero-order valence-electron chi connectivity index (χ0n) is 15.6. The highest BCUT2D eigenvalue weighted by Crippen LogP contribution is 2.46. The Kier molecular flexibility index (Phi) is 6.93. The molecular formula is C21H33ClN2O. The molecule has 1 heterocycles. The molecule has 1 aliphatic carbocycles. The minimum atomic E-state index is -0.0983. The van der Waals surface area contributed by atoms with Gasteiger partial charge >= 0.3 is 0 Å². The number of hydrogen-bond acceptors (Lipinski definition) is 2. The van der Waals surface area contributed by atoms with Crippen molar-refractivity contribution in [2.45, 2.75) is 51.9 Å². The summed E-state index contributed by atoms with van der Waals surface area (Å²) >= 11 is 0. The number of amides is 1. The standard InChI is InChI=1S/C21H32N2O.ClH/c1-16(2)12-21(10-6-7-11-21)20(24)23-14-18(13-22)19(15-23)17-8-4-3-5-9-17;/h3-5,8-9,16,18-19H,6-7,10-15,22H2,1-2H3;1H/t18-,19+;/m1./s1. The van der Waals surface area contributed by atoms with Gasteiger partial charge in [-0.3, -0.25) is 4.79 Å². The van der Waals surface area contributed by atoms with Crippen LogP contribution >= 0.6 is 12.4 Å². The van der Waals surface area contributed by atoms with Crippen LogP contribution in [0.4, 0.5) is 0 Å². The highest BCUT2D eigenvalue weighted by atomic mass is 35.5. The molecule has 2 N–H and O–H groups in total. The Hall–Kier alpha value is -1.06. The predicted molar refractivity (Wildman–Crippen MR) is 106 cm³/mol. The SMILES string of the molecule is CC(C)CC1(C(=O)N2C[C@@H](CN)[C@H](c3ccccc3)C2)CCCC1.Cl. The first-order valence-corrected chi connectivity index (χ1v) is 9.60. The van der Waals surface area contributed by atoms with Crippen LogP contribution in [0.3, 0.4) is 0 Å². The Balaban J connectivity index is 0.00000225. The van der Waals surface area contributed by atoms with Crippen molar-refractivity contribution in [1.29, 1.82) is 0 Å². The fourth-order valence-electron chi connectivity index (χ4n) is 5.03. The largest absolute Gasteiger partial charge is 0.341 e. The quantitative estimate of drug-likeness (QED) is 0.850. The number of halogens is 1. The third-order valence-electron chi connectivity index (χ3n) is 6.07. The molecule has 2 aliphatic rings. The van der Waals surface area contributed by atoms with Crippen LogP contribution in [0.2, 0.25) is 0 Å². The molecule has 4 heteroatoms. The van der Waals surface area contributed by atoms with Gasteiger partial charge in [0.2, 0.25) is 5.91 Å². The van der Waals surface area contributed by atoms with Crippen molar-refractivity contribution >= 4 is 18.3 Å². The molecule has 1 saturated heterocycles. The summed E-state index contributed by atoms with van der Waals surface area (Å²) in [6, 6.07) is 10.6. The Morgan fingerprint density at radius 3 is 2.40 bits per heavy atom. The summed E-state index contributed by atoms with van der Waals surface area (Å²) < 4.78 is 0. The van der Waals surface area contributed by atoms with Gasteiger partial charge in [-0.2, -0.15) is 0 Å². The molecule has 1 aromatic carbocycles. The topological polar surface area (TPSA) is 46.3 Å². The second-order valence-electron chi connectivity index (χ2n) is 8.31. The van der Waals surface area contributed by atoms with Crippen molar-refractivity contribution in [3.63, 3.8) is 0 Å². The smallest absolute Gasteiger partial charge is 0.228 e. The Labute approximate surface area is 158 Å². The van der Waals surface area contributed by atoms with Crippen LogP contribution in [0.25, 0.3) is 0 Å². The summed E-state index contributed by atoms with van der Waals surface area (Å²) in [5.74, 6) is 1.75. The van der Waals surface area contributed by atoms with Gasteiger partial charge in [-0.1, -0.05) is 57.0 Å². The predicted octanol–water partition coefficient (Wildman–Crippen LogP) is 4.22. The van der Waals surface area contributed by atoms with Crippen LogP contribution < -0.4 is 5.73 Å². The number of benzene rings is 1. The van der Waals surface area contributed by atoms with E-state index < -0.39 is 0 Å². The van der Waals surface area contributed by atoms with Crippen molar-refractivity contribution in [3.05, 3.63) is 35.9 Å². The van der Waals surface area contributed by atoms with Gasteiger partial charge in [0.05, 0.1) is 0 Å². The number of nitrogens with zero attached hydrogens (tertiary/aromatic N) is 1. The van der Waals surface area contributed by atoms with Crippen molar-refractivity contribution in [1.82, 2.24) is 4.90 Å². The van der Waals surface area contributed by atoms with E-state index in [9.17, 15) is 4.79 Å². The lowest BCUT2D eigenvalue weighted by Gasteiger charge is -2.34. The fourth-order valence-corrected chi connectivity index (χ4v) is 5.03. The van der Waals surface area contributed by atoms with Crippen LogP contribution in [0, 0.1) is 17.3 Å². The molecule has 0 unspecified atom stereocenters. The summed E-state index contributed by atoms with van der Waals surface area (Å²) in [5.41, 5.74) is 7.28. The zero-order chi connectivity index (χ0) is 17.2. The lowest BCUT2D eigenvalue weighted by molar-refractivity contribution is -0.142. The molecule has 140 valence electrons. The van der Waals surface area contributed by atoms with Gasteiger partial charge in [-0.25, -0.2) is 0 Å². The van der Waals surface area contributed by atoms with Gasteiger partial charge in [-0.05, 0) is 43.2 Å². The van der Waals surface area contributed by atoms with Gasteiger partial charge in [0.1, 0.15) is 0 Å². The summed E-state index contributed by atoms with van der Waals surface area (Å²) in [6.07, 6.45) is 5.59. The van der Waals surface area contributed by atoms with E-state index in [1.165, 1.54) is 18.4 Å². The first kappa shape index (κ1) is 20.3. The first-order valence-electron chi connectivity index (χ1n) is 9.60. The van der Waals surface area contributed by atoms with Gasteiger partial charge in [-0.15, -0.1) is 12.4 Å². The van der Waals surface area contributed by atoms with Crippen LogP contribution in [0.15, 0.2) is 30.3 Å². The van der Waals surface area contributed by atoms with Gasteiger partial charge < -0.3 is 10.6 Å². The maximum atomic E-state index is 13.4. The maximum absolute atomic E-state index is 13.4. The molecule has 1 aromatic rings. The van der Waals surface area contributed by atoms with Crippen molar-refractivity contribution < 1.29 is 4.79 Å². The van der Waals surface area contributed by atoms with E-state index in [1.807, 2.05) is 0 Å². The maximum Gasteiger partial charge on any atom is 0.228 e. The Morgan fingerprint density at radius 1 is 1.20 bits per heavy atom. The monoisotopic (exact) mass is 364 g/mol. The average Bonchev–Trinajstić information content (AvgIpc) is 3.22. The first-order chi connectivity index (χ1) is 11.6. The van der Waals surface area contributed by atoms with Gasteiger partial charge in [0.25, 0.3) is 0 Å². The highest BCUT2D eigenvalue weighted by Gasteiger charge is 2.46. The van der Waals surface area contributed by atoms with E-state index in [4.69, 9.17) is 5.73 Å². The third-order valence-corrected chi connectivity index (χ3v) is 6.07. The van der Waals surface area contributed by atoms with E-state index in [0.717, 1.165) is 32.4 Å². The summed E-state index contributed by atoms with van der Waals surface area (Å²) in [6.45, 7) is 6.80. The summed E-state index contributed by atoms with van der Waals surface area (Å²) in [4.78, 5) is 15.6. The zero-order valence-corrected chi connectivity index (χ0v) is 16.4.